The molecular formula is C18H35N7O6S. The molecule has 32 heavy (non-hydrogen) atoms. The minimum atomic E-state index is -1.56. The van der Waals surface area contributed by atoms with Crippen LogP contribution in [-0.4, -0.2) is 88.7 Å². The van der Waals surface area contributed by atoms with Gasteiger partial charge in [0, 0.05) is 6.54 Å². The highest BCUT2D eigenvalue weighted by atomic mass is 32.2. The zero-order valence-corrected chi connectivity index (χ0v) is 19.4. The molecule has 0 aliphatic rings. The van der Waals surface area contributed by atoms with Gasteiger partial charge in [-0.3, -0.25) is 19.4 Å². The normalized spacial score (nSPS) is 15.4. The SMILES string of the molecule is CSCCC(N)C(=O)NC(C)C(=O)NC(CCCN=C(N)N)C(=O)NC(C(=O)O)C(C)O. The van der Waals surface area contributed by atoms with Gasteiger partial charge in [0.2, 0.25) is 17.7 Å². The number of aliphatic hydroxyl groups excluding tert-OH is 1. The molecule has 0 saturated carbocycles. The lowest BCUT2D eigenvalue weighted by molar-refractivity contribution is -0.145. The van der Waals surface area contributed by atoms with Gasteiger partial charge in [0.05, 0.1) is 12.1 Å². The summed E-state index contributed by atoms with van der Waals surface area (Å²) in [6, 6.07) is -4.49. The Hall–Kier alpha value is -2.58. The van der Waals surface area contributed by atoms with Crippen LogP contribution in [0.15, 0.2) is 4.99 Å². The van der Waals surface area contributed by atoms with E-state index in [2.05, 4.69) is 20.9 Å². The zero-order chi connectivity index (χ0) is 24.8. The number of carbonyl (C=O) groups excluding carboxylic acids is 3. The molecular weight excluding hydrogens is 442 g/mol. The number of carboxylic acids is 1. The van der Waals surface area contributed by atoms with Crippen LogP contribution in [0.2, 0.25) is 0 Å². The van der Waals surface area contributed by atoms with Crippen LogP contribution in [0.25, 0.3) is 0 Å². The van der Waals surface area contributed by atoms with E-state index in [1.54, 1.807) is 0 Å². The van der Waals surface area contributed by atoms with Gasteiger partial charge in [-0.1, -0.05) is 0 Å². The molecule has 0 heterocycles. The first-order valence-electron chi connectivity index (χ1n) is 10.0. The van der Waals surface area contributed by atoms with Gasteiger partial charge in [-0.25, -0.2) is 4.79 Å². The standard InChI is InChI=1S/C18H35N7O6S/c1-9(23-15(28)11(19)6-8-32-3)14(27)24-12(5-4-7-22-18(20)21)16(29)25-13(10(2)26)17(30)31/h9-13,26H,4-8,19H2,1-3H3,(H,23,28)(H,24,27)(H,25,29)(H,30,31)(H4,20,21,22). The van der Waals surface area contributed by atoms with E-state index < -0.39 is 54.0 Å². The third-order valence-electron chi connectivity index (χ3n) is 4.35. The number of hydrogen-bond acceptors (Lipinski definition) is 8. The van der Waals surface area contributed by atoms with E-state index in [9.17, 15) is 24.3 Å². The Labute approximate surface area is 191 Å². The summed E-state index contributed by atoms with van der Waals surface area (Å²) in [4.78, 5) is 52.3. The highest BCUT2D eigenvalue weighted by Crippen LogP contribution is 2.03. The molecule has 0 saturated heterocycles. The summed E-state index contributed by atoms with van der Waals surface area (Å²) in [5.74, 6) is -2.87. The maximum absolute atomic E-state index is 12.6. The molecule has 0 aliphatic carbocycles. The van der Waals surface area contributed by atoms with Crippen molar-refractivity contribution in [2.45, 2.75) is 63.4 Å². The molecule has 0 bridgehead atoms. The van der Waals surface area contributed by atoms with Crippen LogP contribution in [-0.2, 0) is 19.2 Å². The number of nitrogens with zero attached hydrogens (tertiary/aromatic N) is 1. The van der Waals surface area contributed by atoms with Crippen molar-refractivity contribution >= 4 is 41.4 Å². The molecule has 0 spiro atoms. The number of aliphatic hydroxyl groups is 1. The fourth-order valence-electron chi connectivity index (χ4n) is 2.47. The number of guanidine groups is 1. The largest absolute Gasteiger partial charge is 0.480 e. The molecule has 11 N–H and O–H groups in total. The van der Waals surface area contributed by atoms with E-state index in [0.29, 0.717) is 18.6 Å². The first kappa shape index (κ1) is 29.4. The molecule has 0 aliphatic heterocycles. The Morgan fingerprint density at radius 2 is 1.62 bits per heavy atom. The summed E-state index contributed by atoms with van der Waals surface area (Å²) in [7, 11) is 0. The number of carboxylic acid groups (broad SMARTS) is 1. The van der Waals surface area contributed by atoms with E-state index in [0.717, 1.165) is 0 Å². The van der Waals surface area contributed by atoms with Gasteiger partial charge < -0.3 is 43.4 Å². The van der Waals surface area contributed by atoms with E-state index >= 15 is 0 Å². The predicted molar refractivity (Wildman–Crippen MR) is 122 cm³/mol. The topological polar surface area (TPSA) is 235 Å². The quantitative estimate of drug-likeness (QED) is 0.0678. The van der Waals surface area contributed by atoms with E-state index in [-0.39, 0.29) is 18.9 Å². The number of nitrogens with one attached hydrogen (secondary N) is 3. The molecule has 0 aromatic rings. The average Bonchev–Trinajstić information content (AvgIpc) is 2.70. The zero-order valence-electron chi connectivity index (χ0n) is 18.5. The smallest absolute Gasteiger partial charge is 0.328 e. The molecule has 5 unspecified atom stereocenters. The predicted octanol–water partition coefficient (Wildman–Crippen LogP) is -2.94. The van der Waals surface area contributed by atoms with Crippen molar-refractivity contribution < 1.29 is 29.4 Å². The first-order valence-corrected chi connectivity index (χ1v) is 11.4. The number of rotatable bonds is 15. The molecule has 3 amide bonds. The molecule has 5 atom stereocenters. The summed E-state index contributed by atoms with van der Waals surface area (Å²) < 4.78 is 0. The monoisotopic (exact) mass is 477 g/mol. The Balaban J connectivity index is 5.17. The van der Waals surface area contributed by atoms with Crippen LogP contribution in [0.1, 0.15) is 33.1 Å². The van der Waals surface area contributed by atoms with Gasteiger partial charge in [0.15, 0.2) is 12.0 Å². The summed E-state index contributed by atoms with van der Waals surface area (Å²) in [5, 5.41) is 25.9. The molecule has 0 aromatic heterocycles. The van der Waals surface area contributed by atoms with Crippen molar-refractivity contribution in [1.29, 1.82) is 0 Å². The maximum Gasteiger partial charge on any atom is 0.328 e. The van der Waals surface area contributed by atoms with Crippen LogP contribution in [0.4, 0.5) is 0 Å². The minimum absolute atomic E-state index is 0.0778. The fraction of sp³-hybridized carbons (Fsp3) is 0.722. The summed E-state index contributed by atoms with van der Waals surface area (Å²) in [6.45, 7) is 2.82. The Bertz CT molecular complexity index is 672. The van der Waals surface area contributed by atoms with Crippen LogP contribution in [0.3, 0.4) is 0 Å². The van der Waals surface area contributed by atoms with Crippen LogP contribution >= 0.6 is 11.8 Å². The van der Waals surface area contributed by atoms with Gasteiger partial charge in [-0.05, 0) is 45.1 Å². The van der Waals surface area contributed by atoms with Crippen molar-refractivity contribution in [2.75, 3.05) is 18.6 Å². The van der Waals surface area contributed by atoms with Crippen molar-refractivity contribution in [3.8, 4) is 0 Å². The summed E-state index contributed by atoms with van der Waals surface area (Å²) in [6.07, 6.45) is 1.33. The lowest BCUT2D eigenvalue weighted by Gasteiger charge is -2.24. The molecule has 14 heteroatoms. The van der Waals surface area contributed by atoms with Gasteiger partial charge >= 0.3 is 5.97 Å². The second kappa shape index (κ2) is 15.3. The third-order valence-corrected chi connectivity index (χ3v) is 4.99. The number of amides is 3. The third kappa shape index (κ3) is 11.7. The molecule has 0 rings (SSSR count). The van der Waals surface area contributed by atoms with Crippen molar-refractivity contribution in [3.63, 3.8) is 0 Å². The number of carbonyl (C=O) groups is 4. The van der Waals surface area contributed by atoms with Gasteiger partial charge in [-0.15, -0.1) is 0 Å². The number of nitrogens with two attached hydrogens (primary N) is 3. The van der Waals surface area contributed by atoms with Crippen molar-refractivity contribution in [2.24, 2.45) is 22.2 Å². The molecule has 0 radical (unpaired) electrons. The number of aliphatic carboxylic acids is 1. The second-order valence-electron chi connectivity index (χ2n) is 7.19. The van der Waals surface area contributed by atoms with Gasteiger partial charge in [0.25, 0.3) is 0 Å². The Morgan fingerprint density at radius 1 is 1.00 bits per heavy atom. The highest BCUT2D eigenvalue weighted by Gasteiger charge is 2.30. The lowest BCUT2D eigenvalue weighted by atomic mass is 10.1. The van der Waals surface area contributed by atoms with E-state index in [4.69, 9.17) is 22.3 Å². The molecule has 0 fully saturated rings. The highest BCUT2D eigenvalue weighted by molar-refractivity contribution is 7.98. The summed E-state index contributed by atoms with van der Waals surface area (Å²) >= 11 is 1.54. The van der Waals surface area contributed by atoms with Crippen LogP contribution < -0.4 is 33.2 Å². The second-order valence-corrected chi connectivity index (χ2v) is 8.18. The minimum Gasteiger partial charge on any atom is -0.480 e. The fourth-order valence-corrected chi connectivity index (χ4v) is 2.96. The Morgan fingerprint density at radius 3 is 2.12 bits per heavy atom. The van der Waals surface area contributed by atoms with Crippen LogP contribution in [0.5, 0.6) is 0 Å². The summed E-state index contributed by atoms with van der Waals surface area (Å²) in [5.41, 5.74) is 16.3. The average molecular weight is 478 g/mol. The van der Waals surface area contributed by atoms with Crippen molar-refractivity contribution in [1.82, 2.24) is 16.0 Å². The number of hydrogen-bond donors (Lipinski definition) is 8. The molecule has 184 valence electrons. The number of aliphatic imine (C=N–C) groups is 1. The first-order chi connectivity index (χ1) is 14.9. The Kier molecular flexibility index (Phi) is 14.0. The van der Waals surface area contributed by atoms with E-state index in [1.165, 1.54) is 25.6 Å². The molecule has 0 aromatic carbocycles. The van der Waals surface area contributed by atoms with Gasteiger partial charge in [0.1, 0.15) is 12.1 Å². The maximum atomic E-state index is 12.6. The van der Waals surface area contributed by atoms with Crippen molar-refractivity contribution in [3.05, 3.63) is 0 Å². The molecule has 13 nitrogen and oxygen atoms in total. The number of thioether (sulfide) groups is 1. The van der Waals surface area contributed by atoms with Gasteiger partial charge in [-0.2, -0.15) is 11.8 Å². The van der Waals surface area contributed by atoms with E-state index in [1.807, 2.05) is 6.26 Å². The lowest BCUT2D eigenvalue weighted by Crippen LogP contribution is -2.57. The van der Waals surface area contributed by atoms with Crippen LogP contribution in [0, 0.1) is 0 Å².